The molecule has 0 spiro atoms. The molecule has 8 heteroatoms. The number of piperazine rings is 1. The fourth-order valence-electron chi connectivity index (χ4n) is 3.32. The fourth-order valence-corrected chi connectivity index (χ4v) is 4.17. The summed E-state index contributed by atoms with van der Waals surface area (Å²) < 4.78 is 0. The molecule has 1 aliphatic heterocycles. The molecule has 1 saturated carbocycles. The Balaban J connectivity index is 0.00000132. The number of hydrogen-bond acceptors (Lipinski definition) is 5. The summed E-state index contributed by atoms with van der Waals surface area (Å²) in [6, 6.07) is 0.215. The van der Waals surface area contributed by atoms with Gasteiger partial charge in [0.1, 0.15) is 0 Å². The first-order valence-corrected chi connectivity index (χ1v) is 8.73. The van der Waals surface area contributed by atoms with E-state index < -0.39 is 0 Å². The van der Waals surface area contributed by atoms with Crippen LogP contribution in [0.2, 0.25) is 0 Å². The van der Waals surface area contributed by atoms with Crippen LogP contribution in [0.4, 0.5) is 5.13 Å². The Bertz CT molecular complexity index is 505. The van der Waals surface area contributed by atoms with Gasteiger partial charge in [-0.3, -0.25) is 4.79 Å². The van der Waals surface area contributed by atoms with Crippen LogP contribution in [0.3, 0.4) is 0 Å². The van der Waals surface area contributed by atoms with Crippen molar-refractivity contribution < 1.29 is 4.79 Å². The standard InChI is InChI=1S/C15H24N4OS.2ClH/c1-11-10-21-15(17-11)19-7-5-18(6-8-19)14(20)12-3-2-4-13(16)9-12;;/h10,12-13H,2-9,16H2,1H3;2*1H. The van der Waals surface area contributed by atoms with Gasteiger partial charge in [0.05, 0.1) is 5.69 Å². The summed E-state index contributed by atoms with van der Waals surface area (Å²) in [5, 5.41) is 3.16. The topological polar surface area (TPSA) is 62.5 Å². The predicted octanol–water partition coefficient (Wildman–Crippen LogP) is 2.46. The number of hydrogen-bond donors (Lipinski definition) is 1. The van der Waals surface area contributed by atoms with Crippen LogP contribution in [0.25, 0.3) is 0 Å². The maximum absolute atomic E-state index is 12.6. The first-order chi connectivity index (χ1) is 10.1. The van der Waals surface area contributed by atoms with Crippen molar-refractivity contribution in [3.63, 3.8) is 0 Å². The van der Waals surface area contributed by atoms with E-state index in [0.717, 1.165) is 62.7 Å². The molecule has 2 atom stereocenters. The number of carbonyl (C=O) groups excluding carboxylic acids is 1. The third-order valence-corrected chi connectivity index (χ3v) is 5.55. The number of aryl methyl sites for hydroxylation is 1. The molecule has 2 aliphatic rings. The third kappa shape index (κ3) is 4.95. The summed E-state index contributed by atoms with van der Waals surface area (Å²) in [6.07, 6.45) is 4.04. The maximum Gasteiger partial charge on any atom is 0.225 e. The van der Waals surface area contributed by atoms with Crippen molar-refractivity contribution in [1.29, 1.82) is 0 Å². The molecule has 1 aromatic heterocycles. The number of halogens is 2. The summed E-state index contributed by atoms with van der Waals surface area (Å²) in [5.41, 5.74) is 7.08. The van der Waals surface area contributed by atoms with E-state index >= 15 is 0 Å². The Labute approximate surface area is 154 Å². The van der Waals surface area contributed by atoms with Crippen LogP contribution in [0.15, 0.2) is 5.38 Å². The lowest BCUT2D eigenvalue weighted by molar-refractivity contribution is -0.137. The number of aromatic nitrogens is 1. The maximum atomic E-state index is 12.6. The van der Waals surface area contributed by atoms with Gasteiger partial charge in [-0.25, -0.2) is 4.98 Å². The van der Waals surface area contributed by atoms with Gasteiger partial charge in [-0.15, -0.1) is 36.2 Å². The number of anilines is 1. The Morgan fingerprint density at radius 3 is 2.52 bits per heavy atom. The highest BCUT2D eigenvalue weighted by molar-refractivity contribution is 7.13. The van der Waals surface area contributed by atoms with Gasteiger partial charge in [0.2, 0.25) is 5.91 Å². The van der Waals surface area contributed by atoms with Crippen molar-refractivity contribution in [3.8, 4) is 0 Å². The molecule has 2 N–H and O–H groups in total. The number of nitrogens with zero attached hydrogens (tertiary/aromatic N) is 3. The highest BCUT2D eigenvalue weighted by atomic mass is 35.5. The van der Waals surface area contributed by atoms with Crippen LogP contribution in [0.1, 0.15) is 31.4 Å². The Morgan fingerprint density at radius 1 is 1.26 bits per heavy atom. The van der Waals surface area contributed by atoms with E-state index in [1.54, 1.807) is 11.3 Å². The number of nitrogens with two attached hydrogens (primary N) is 1. The zero-order chi connectivity index (χ0) is 14.8. The molecule has 2 heterocycles. The van der Waals surface area contributed by atoms with E-state index in [-0.39, 0.29) is 36.8 Å². The van der Waals surface area contributed by atoms with Crippen molar-refractivity contribution in [1.82, 2.24) is 9.88 Å². The molecular weight excluding hydrogens is 355 g/mol. The van der Waals surface area contributed by atoms with Gasteiger partial charge < -0.3 is 15.5 Å². The van der Waals surface area contributed by atoms with Crippen LogP contribution in [0, 0.1) is 12.8 Å². The molecule has 2 fully saturated rings. The lowest BCUT2D eigenvalue weighted by Gasteiger charge is -2.37. The highest BCUT2D eigenvalue weighted by Gasteiger charge is 2.31. The fraction of sp³-hybridized carbons (Fsp3) is 0.733. The van der Waals surface area contributed by atoms with Gasteiger partial charge in [-0.2, -0.15) is 0 Å². The van der Waals surface area contributed by atoms with E-state index in [0.29, 0.717) is 5.91 Å². The second-order valence-corrected chi connectivity index (χ2v) is 7.04. The Hall–Kier alpha value is -0.560. The van der Waals surface area contributed by atoms with Crippen LogP contribution in [-0.4, -0.2) is 48.0 Å². The predicted molar refractivity (Wildman–Crippen MR) is 100 cm³/mol. The van der Waals surface area contributed by atoms with Crippen LogP contribution < -0.4 is 10.6 Å². The van der Waals surface area contributed by atoms with Crippen molar-refractivity contribution in [3.05, 3.63) is 11.1 Å². The van der Waals surface area contributed by atoms with Crippen LogP contribution >= 0.6 is 36.2 Å². The average Bonchev–Trinajstić information content (AvgIpc) is 2.93. The zero-order valence-electron chi connectivity index (χ0n) is 13.4. The summed E-state index contributed by atoms with van der Waals surface area (Å²) in [6.45, 7) is 5.41. The molecule has 0 radical (unpaired) electrons. The van der Waals surface area contributed by atoms with E-state index in [9.17, 15) is 4.79 Å². The van der Waals surface area contributed by atoms with Gasteiger partial charge in [-0.1, -0.05) is 6.42 Å². The monoisotopic (exact) mass is 380 g/mol. The average molecular weight is 381 g/mol. The number of rotatable bonds is 2. The normalized spacial score (nSPS) is 24.6. The molecular formula is C15H26Cl2N4OS. The lowest BCUT2D eigenvalue weighted by Crippen LogP contribution is -2.51. The summed E-state index contributed by atoms with van der Waals surface area (Å²) in [5.74, 6) is 0.475. The van der Waals surface area contributed by atoms with Gasteiger partial charge in [0.15, 0.2) is 5.13 Å². The molecule has 1 saturated heterocycles. The van der Waals surface area contributed by atoms with Gasteiger partial charge in [0.25, 0.3) is 0 Å². The molecule has 23 heavy (non-hydrogen) atoms. The van der Waals surface area contributed by atoms with Gasteiger partial charge >= 0.3 is 0 Å². The molecule has 5 nitrogen and oxygen atoms in total. The largest absolute Gasteiger partial charge is 0.345 e. The number of thiazole rings is 1. The first-order valence-electron chi connectivity index (χ1n) is 7.85. The van der Waals surface area contributed by atoms with Crippen molar-refractivity contribution in [2.24, 2.45) is 11.7 Å². The second-order valence-electron chi connectivity index (χ2n) is 6.21. The number of amides is 1. The third-order valence-electron chi connectivity index (χ3n) is 4.53. The van der Waals surface area contributed by atoms with Crippen molar-refractivity contribution in [2.45, 2.75) is 38.6 Å². The lowest BCUT2D eigenvalue weighted by atomic mass is 9.85. The molecule has 3 rings (SSSR count). The van der Waals surface area contributed by atoms with Crippen LogP contribution in [0.5, 0.6) is 0 Å². The molecule has 1 aromatic rings. The minimum atomic E-state index is 0. The van der Waals surface area contributed by atoms with E-state index in [1.807, 2.05) is 11.8 Å². The number of carbonyl (C=O) groups is 1. The summed E-state index contributed by atoms with van der Waals surface area (Å²) in [4.78, 5) is 21.4. The molecule has 132 valence electrons. The summed E-state index contributed by atoms with van der Waals surface area (Å²) in [7, 11) is 0. The van der Waals surface area contributed by atoms with Gasteiger partial charge in [0, 0.05) is 43.5 Å². The minimum absolute atomic E-state index is 0. The van der Waals surface area contributed by atoms with Crippen molar-refractivity contribution >= 4 is 47.2 Å². The quantitative estimate of drug-likeness (QED) is 0.855. The molecule has 2 unspecified atom stereocenters. The molecule has 1 amide bonds. The molecule has 0 aromatic carbocycles. The van der Waals surface area contributed by atoms with E-state index in [2.05, 4.69) is 15.3 Å². The SMILES string of the molecule is Cc1csc(N2CCN(C(=O)C3CCCC(N)C3)CC2)n1.Cl.Cl. The zero-order valence-corrected chi connectivity index (χ0v) is 15.9. The second kappa shape index (κ2) is 9.06. The van der Waals surface area contributed by atoms with Crippen LogP contribution in [-0.2, 0) is 4.79 Å². The molecule has 1 aliphatic carbocycles. The summed E-state index contributed by atoms with van der Waals surface area (Å²) >= 11 is 1.69. The molecule has 0 bridgehead atoms. The van der Waals surface area contributed by atoms with E-state index in [4.69, 9.17) is 5.73 Å². The van der Waals surface area contributed by atoms with E-state index in [1.165, 1.54) is 0 Å². The van der Waals surface area contributed by atoms with Crippen molar-refractivity contribution in [2.75, 3.05) is 31.1 Å². The Morgan fingerprint density at radius 2 is 1.96 bits per heavy atom. The van der Waals surface area contributed by atoms with Gasteiger partial charge in [-0.05, 0) is 26.2 Å². The highest BCUT2D eigenvalue weighted by Crippen LogP contribution is 2.26. The first kappa shape index (κ1) is 20.5. The minimum Gasteiger partial charge on any atom is -0.345 e. The Kier molecular flexibility index (Phi) is 8.07. The smallest absolute Gasteiger partial charge is 0.225 e.